The maximum atomic E-state index is 4.90. The van der Waals surface area contributed by atoms with Crippen LogP contribution in [0.1, 0.15) is 11.4 Å². The van der Waals surface area contributed by atoms with Crippen LogP contribution < -0.4 is 0 Å². The normalized spacial score (nSPS) is 10.7. The Morgan fingerprint density at radius 1 is 0.606 bits per heavy atom. The first-order chi connectivity index (χ1) is 16.2. The maximum absolute atomic E-state index is 4.90. The third-order valence-corrected chi connectivity index (χ3v) is 5.59. The van der Waals surface area contributed by atoms with Crippen molar-refractivity contribution in [2.75, 3.05) is 0 Å². The summed E-state index contributed by atoms with van der Waals surface area (Å²) in [6, 6.07) is 29.7. The number of aromatic nitrogens is 4. The van der Waals surface area contributed by atoms with Gasteiger partial charge in [0.1, 0.15) is 0 Å². The van der Waals surface area contributed by atoms with Crippen LogP contribution in [0.25, 0.3) is 44.1 Å². The number of aryl methyl sites for hydroxylation is 2. The molecular weight excluding hydrogens is 404 g/mol. The monoisotopic (exact) mass is 428 g/mol. The molecule has 0 aliphatic carbocycles. The first kappa shape index (κ1) is 20.6. The highest BCUT2D eigenvalue weighted by atomic mass is 14.8. The van der Waals surface area contributed by atoms with Crippen molar-refractivity contribution in [2.45, 2.75) is 13.8 Å². The fourth-order valence-electron chi connectivity index (χ4n) is 4.16. The fourth-order valence-corrected chi connectivity index (χ4v) is 4.16. The molecule has 3 aromatic heterocycles. The number of rotatable bonds is 2. The topological polar surface area (TPSA) is 54.5 Å². The van der Waals surface area contributed by atoms with Crippen LogP contribution in [0.5, 0.6) is 0 Å². The van der Waals surface area contributed by atoms with Crippen LogP contribution in [0.4, 0.5) is 0 Å². The number of H-pyrrole nitrogens is 1. The van der Waals surface area contributed by atoms with E-state index in [-0.39, 0.29) is 0 Å². The van der Waals surface area contributed by atoms with Crippen molar-refractivity contribution in [3.05, 3.63) is 115 Å². The molecule has 6 rings (SSSR count). The van der Waals surface area contributed by atoms with E-state index in [9.17, 15) is 0 Å². The lowest BCUT2D eigenvalue weighted by Gasteiger charge is -2.13. The summed E-state index contributed by atoms with van der Waals surface area (Å²) in [4.78, 5) is 16.2. The largest absolute Gasteiger partial charge is 0.351 e. The summed E-state index contributed by atoms with van der Waals surface area (Å²) < 4.78 is 0. The predicted octanol–water partition coefficient (Wildman–Crippen LogP) is 7.14. The van der Waals surface area contributed by atoms with Gasteiger partial charge < -0.3 is 4.98 Å². The van der Waals surface area contributed by atoms with Gasteiger partial charge in [0.25, 0.3) is 0 Å². The Labute approximate surface area is 193 Å². The highest BCUT2D eigenvalue weighted by Gasteiger charge is 2.13. The van der Waals surface area contributed by atoms with Crippen LogP contribution in [-0.2, 0) is 0 Å². The number of imidazole rings is 1. The Hall–Kier alpha value is -4.31. The fraction of sp³-hybridized carbons (Fsp3) is 0.0690. The number of pyridine rings is 2. The van der Waals surface area contributed by atoms with Gasteiger partial charge >= 0.3 is 0 Å². The molecule has 0 spiro atoms. The second kappa shape index (κ2) is 9.05. The minimum absolute atomic E-state index is 0.970. The van der Waals surface area contributed by atoms with Crippen molar-refractivity contribution in [1.29, 1.82) is 0 Å². The number of benzene rings is 3. The molecule has 0 unspecified atom stereocenters. The molecule has 33 heavy (non-hydrogen) atoms. The van der Waals surface area contributed by atoms with E-state index in [0.29, 0.717) is 0 Å². The van der Waals surface area contributed by atoms with Gasteiger partial charge in [0.05, 0.1) is 17.4 Å². The molecular formula is C29H24N4. The molecule has 3 aromatic carbocycles. The van der Waals surface area contributed by atoms with Gasteiger partial charge in [-0.05, 0) is 48.2 Å². The lowest BCUT2D eigenvalue weighted by Crippen LogP contribution is -1.94. The van der Waals surface area contributed by atoms with Crippen molar-refractivity contribution >= 4 is 21.8 Å². The molecule has 3 heterocycles. The number of aromatic amines is 1. The zero-order valence-corrected chi connectivity index (χ0v) is 18.7. The molecule has 0 aliphatic heterocycles. The zero-order valence-electron chi connectivity index (χ0n) is 18.7. The Balaban J connectivity index is 0.000000406. The van der Waals surface area contributed by atoms with Gasteiger partial charge in [0, 0.05) is 34.6 Å². The average molecular weight is 429 g/mol. The van der Waals surface area contributed by atoms with Crippen LogP contribution in [0, 0.1) is 13.8 Å². The Kier molecular flexibility index (Phi) is 5.64. The summed E-state index contributed by atoms with van der Waals surface area (Å²) in [6.45, 7) is 4.11. The number of nitrogens with zero attached hydrogens (tertiary/aromatic N) is 3. The molecule has 0 amide bonds. The smallest absolute Gasteiger partial charge is 0.0974 e. The van der Waals surface area contributed by atoms with E-state index in [1.807, 2.05) is 12.1 Å². The van der Waals surface area contributed by atoms with Gasteiger partial charge in [-0.2, -0.15) is 0 Å². The molecule has 160 valence electrons. The SMILES string of the molecule is Cc1cc(-c2ccccc2)c2ccc3c(-c4ccccc4)cc(C)nc3c2n1.c1c[nH]cn1. The van der Waals surface area contributed by atoms with Gasteiger partial charge in [-0.15, -0.1) is 0 Å². The van der Waals surface area contributed by atoms with Crippen LogP contribution in [0.15, 0.2) is 104 Å². The molecule has 0 radical (unpaired) electrons. The van der Waals surface area contributed by atoms with E-state index in [4.69, 9.17) is 9.97 Å². The van der Waals surface area contributed by atoms with Gasteiger partial charge in [-0.25, -0.2) is 4.98 Å². The first-order valence-electron chi connectivity index (χ1n) is 11.0. The maximum Gasteiger partial charge on any atom is 0.0974 e. The third-order valence-electron chi connectivity index (χ3n) is 5.59. The summed E-state index contributed by atoms with van der Waals surface area (Å²) >= 11 is 0. The van der Waals surface area contributed by atoms with E-state index in [2.05, 4.69) is 96.6 Å². The first-order valence-corrected chi connectivity index (χ1v) is 11.0. The lowest BCUT2D eigenvalue weighted by molar-refractivity contribution is 1.23. The standard InChI is InChI=1S/C26H20N2.C3H4N2/c1-17-15-23(19-9-5-3-6-10-19)21-13-14-22-24(20-11-7-4-8-12-20)16-18(2)28-26(22)25(21)27-17;1-2-5-3-4-1/h3-16H,1-2H3;1-3H,(H,4,5). The molecule has 0 aliphatic rings. The van der Waals surface area contributed by atoms with E-state index in [0.717, 1.165) is 33.2 Å². The van der Waals surface area contributed by atoms with Gasteiger partial charge in [-0.1, -0.05) is 72.8 Å². The Bertz CT molecular complexity index is 1390. The number of hydrogen-bond donors (Lipinski definition) is 1. The van der Waals surface area contributed by atoms with E-state index in [1.165, 1.54) is 22.3 Å². The summed E-state index contributed by atoms with van der Waals surface area (Å²) in [5, 5.41) is 2.28. The molecule has 0 saturated heterocycles. The van der Waals surface area contributed by atoms with Gasteiger partial charge in [0.15, 0.2) is 0 Å². The summed E-state index contributed by atoms with van der Waals surface area (Å²) in [7, 11) is 0. The minimum Gasteiger partial charge on any atom is -0.351 e. The van der Waals surface area contributed by atoms with Crippen molar-refractivity contribution < 1.29 is 0 Å². The molecule has 1 N–H and O–H groups in total. The highest BCUT2D eigenvalue weighted by molar-refractivity contribution is 6.12. The van der Waals surface area contributed by atoms with Gasteiger partial charge in [-0.3, -0.25) is 9.97 Å². The number of nitrogens with one attached hydrogen (secondary N) is 1. The minimum atomic E-state index is 0.970. The highest BCUT2D eigenvalue weighted by Crippen LogP contribution is 2.36. The molecule has 0 bridgehead atoms. The van der Waals surface area contributed by atoms with Crippen LogP contribution in [-0.4, -0.2) is 19.9 Å². The van der Waals surface area contributed by atoms with Crippen molar-refractivity contribution in [2.24, 2.45) is 0 Å². The zero-order chi connectivity index (χ0) is 22.6. The van der Waals surface area contributed by atoms with Crippen LogP contribution in [0.3, 0.4) is 0 Å². The molecule has 4 nitrogen and oxygen atoms in total. The van der Waals surface area contributed by atoms with Crippen LogP contribution in [0.2, 0.25) is 0 Å². The Morgan fingerprint density at radius 2 is 1.09 bits per heavy atom. The number of fused-ring (bicyclic) bond motifs is 3. The van der Waals surface area contributed by atoms with Gasteiger partial charge in [0.2, 0.25) is 0 Å². The predicted molar refractivity (Wildman–Crippen MR) is 136 cm³/mol. The van der Waals surface area contributed by atoms with E-state index < -0.39 is 0 Å². The molecule has 0 saturated carbocycles. The molecule has 0 fully saturated rings. The molecule has 6 aromatic rings. The van der Waals surface area contributed by atoms with E-state index >= 15 is 0 Å². The van der Waals surface area contributed by atoms with Crippen molar-refractivity contribution in [1.82, 2.24) is 19.9 Å². The summed E-state index contributed by atoms with van der Waals surface area (Å²) in [6.07, 6.45) is 5.08. The van der Waals surface area contributed by atoms with Crippen molar-refractivity contribution in [3.63, 3.8) is 0 Å². The molecule has 4 heteroatoms. The second-order valence-electron chi connectivity index (χ2n) is 7.97. The summed E-state index contributed by atoms with van der Waals surface area (Å²) in [5.41, 5.74) is 8.76. The quantitative estimate of drug-likeness (QED) is 0.298. The third kappa shape index (κ3) is 4.23. The molecule has 0 atom stereocenters. The number of hydrogen-bond acceptors (Lipinski definition) is 3. The van der Waals surface area contributed by atoms with Crippen LogP contribution >= 0.6 is 0 Å². The average Bonchev–Trinajstić information content (AvgIpc) is 3.45. The lowest BCUT2D eigenvalue weighted by atomic mass is 9.95. The van der Waals surface area contributed by atoms with E-state index in [1.54, 1.807) is 18.7 Å². The summed E-state index contributed by atoms with van der Waals surface area (Å²) in [5.74, 6) is 0. The second-order valence-corrected chi connectivity index (χ2v) is 7.97. The Morgan fingerprint density at radius 3 is 1.45 bits per heavy atom. The van der Waals surface area contributed by atoms with Crippen molar-refractivity contribution in [3.8, 4) is 22.3 Å².